The van der Waals surface area contributed by atoms with Gasteiger partial charge in [-0.2, -0.15) is 5.10 Å². The van der Waals surface area contributed by atoms with Gasteiger partial charge < -0.3 is 19.5 Å². The average Bonchev–Trinajstić information content (AvgIpc) is 3.31. The van der Waals surface area contributed by atoms with E-state index in [4.69, 9.17) is 42.5 Å². The van der Waals surface area contributed by atoms with E-state index in [0.717, 1.165) is 16.7 Å². The standard InChI is InChI=1S/C30H30Cl2N4O4/c1-15-8-20(29(39-7)34-14-15)19-12-21-23(13-22(19)38-6)40-27(30(2,3)4)24-25(28(37)33-5)35-36(26(21)24)18-10-16(31)9-17(32)11-18/h8-14,27H,1-7H3,(H,33,37). The molecule has 2 aromatic carbocycles. The number of carbonyl (C=O) groups excluding carboxylic acids is 1. The molecule has 1 aliphatic heterocycles. The Morgan fingerprint density at radius 2 is 1.70 bits per heavy atom. The summed E-state index contributed by atoms with van der Waals surface area (Å²) in [5.41, 5.74) is 5.01. The molecular formula is C30H30Cl2N4O4. The highest BCUT2D eigenvalue weighted by atomic mass is 35.5. The molecular weight excluding hydrogens is 551 g/mol. The molecule has 40 heavy (non-hydrogen) atoms. The number of benzene rings is 2. The van der Waals surface area contributed by atoms with E-state index >= 15 is 0 Å². The smallest absolute Gasteiger partial charge is 0.271 e. The van der Waals surface area contributed by atoms with Crippen molar-refractivity contribution >= 4 is 29.1 Å². The first-order valence-corrected chi connectivity index (χ1v) is 13.4. The Labute approximate surface area is 243 Å². The van der Waals surface area contributed by atoms with Crippen LogP contribution in [0.3, 0.4) is 0 Å². The van der Waals surface area contributed by atoms with Gasteiger partial charge in [0, 0.05) is 51.5 Å². The van der Waals surface area contributed by atoms with Crippen molar-refractivity contribution < 1.29 is 19.0 Å². The van der Waals surface area contributed by atoms with Crippen LogP contribution in [0.15, 0.2) is 42.6 Å². The normalized spacial score (nSPS) is 14.2. The molecule has 0 aliphatic carbocycles. The number of fused-ring (bicyclic) bond motifs is 3. The van der Waals surface area contributed by atoms with Gasteiger partial charge in [-0.1, -0.05) is 44.0 Å². The zero-order valence-corrected chi connectivity index (χ0v) is 24.9. The molecule has 0 spiro atoms. The van der Waals surface area contributed by atoms with Gasteiger partial charge in [0.1, 0.15) is 17.6 Å². The van der Waals surface area contributed by atoms with Gasteiger partial charge in [-0.15, -0.1) is 0 Å². The van der Waals surface area contributed by atoms with Crippen molar-refractivity contribution in [3.8, 4) is 45.5 Å². The molecule has 1 N–H and O–H groups in total. The van der Waals surface area contributed by atoms with Crippen LogP contribution in [-0.2, 0) is 0 Å². The number of amides is 1. The van der Waals surface area contributed by atoms with Crippen LogP contribution in [-0.4, -0.2) is 41.9 Å². The van der Waals surface area contributed by atoms with E-state index in [1.165, 1.54) is 0 Å². The number of aryl methyl sites for hydroxylation is 1. The second-order valence-electron chi connectivity index (χ2n) is 10.7. The second kappa shape index (κ2) is 10.3. The van der Waals surface area contributed by atoms with E-state index in [-0.39, 0.29) is 11.6 Å². The SMILES string of the molecule is CNC(=O)c1nn(-c2cc(Cl)cc(Cl)c2)c2c1C(C(C)(C)C)Oc1cc(OC)c(-c3cc(C)cnc3OC)cc1-2. The molecule has 0 saturated heterocycles. The van der Waals surface area contributed by atoms with Crippen LogP contribution in [0.25, 0.3) is 28.1 Å². The fourth-order valence-corrected chi connectivity index (χ4v) is 5.52. The highest BCUT2D eigenvalue weighted by Gasteiger charge is 2.42. The van der Waals surface area contributed by atoms with Crippen LogP contribution in [0.4, 0.5) is 0 Å². The second-order valence-corrected chi connectivity index (χ2v) is 11.6. The first-order valence-electron chi connectivity index (χ1n) is 12.7. The number of nitrogens with zero attached hydrogens (tertiary/aromatic N) is 3. The number of ether oxygens (including phenoxy) is 3. The number of methoxy groups -OCH3 is 2. The molecule has 5 rings (SSSR count). The van der Waals surface area contributed by atoms with Crippen molar-refractivity contribution in [2.24, 2.45) is 5.41 Å². The summed E-state index contributed by atoms with van der Waals surface area (Å²) in [4.78, 5) is 17.7. The highest BCUT2D eigenvalue weighted by molar-refractivity contribution is 6.34. The van der Waals surface area contributed by atoms with E-state index < -0.39 is 11.5 Å². The fourth-order valence-electron chi connectivity index (χ4n) is 5.00. The number of aromatic nitrogens is 3. The number of hydrogen-bond acceptors (Lipinski definition) is 6. The number of nitrogens with one attached hydrogen (secondary N) is 1. The lowest BCUT2D eigenvalue weighted by atomic mass is 9.80. The largest absolute Gasteiger partial charge is 0.496 e. The molecule has 208 valence electrons. The van der Waals surface area contributed by atoms with Crippen molar-refractivity contribution in [2.45, 2.75) is 33.8 Å². The summed E-state index contributed by atoms with van der Waals surface area (Å²) in [6, 6.07) is 11.0. The maximum Gasteiger partial charge on any atom is 0.271 e. The molecule has 1 amide bonds. The number of rotatable bonds is 5. The molecule has 1 aliphatic rings. The summed E-state index contributed by atoms with van der Waals surface area (Å²) in [5.74, 6) is 1.30. The maximum atomic E-state index is 13.2. The maximum absolute atomic E-state index is 13.2. The highest BCUT2D eigenvalue weighted by Crippen LogP contribution is 2.53. The summed E-state index contributed by atoms with van der Waals surface area (Å²) in [5, 5.41) is 8.42. The van der Waals surface area contributed by atoms with E-state index in [9.17, 15) is 4.79 Å². The van der Waals surface area contributed by atoms with Crippen LogP contribution >= 0.6 is 23.2 Å². The van der Waals surface area contributed by atoms with Gasteiger partial charge >= 0.3 is 0 Å². The third-order valence-electron chi connectivity index (χ3n) is 6.78. The molecule has 0 fully saturated rings. The van der Waals surface area contributed by atoms with Crippen molar-refractivity contribution in [3.63, 3.8) is 0 Å². The number of halogens is 2. The molecule has 0 radical (unpaired) electrons. The van der Waals surface area contributed by atoms with Gasteiger partial charge in [0.2, 0.25) is 5.88 Å². The van der Waals surface area contributed by atoms with E-state index in [1.54, 1.807) is 50.3 Å². The Balaban J connectivity index is 1.91. The summed E-state index contributed by atoms with van der Waals surface area (Å²) >= 11 is 12.8. The molecule has 4 aromatic rings. The lowest BCUT2D eigenvalue weighted by Crippen LogP contribution is -2.30. The minimum Gasteiger partial charge on any atom is -0.496 e. The van der Waals surface area contributed by atoms with Gasteiger partial charge in [0.15, 0.2) is 5.69 Å². The molecule has 0 saturated carbocycles. The predicted molar refractivity (Wildman–Crippen MR) is 156 cm³/mol. The van der Waals surface area contributed by atoms with E-state index in [2.05, 4.69) is 31.1 Å². The van der Waals surface area contributed by atoms with Crippen LogP contribution in [0.5, 0.6) is 17.4 Å². The minimum absolute atomic E-state index is 0.256. The first-order chi connectivity index (χ1) is 19.0. The van der Waals surface area contributed by atoms with Gasteiger partial charge in [0.05, 0.1) is 31.2 Å². The quantitative estimate of drug-likeness (QED) is 0.271. The third-order valence-corrected chi connectivity index (χ3v) is 7.21. The summed E-state index contributed by atoms with van der Waals surface area (Å²) in [6.45, 7) is 8.14. The third kappa shape index (κ3) is 4.75. The monoisotopic (exact) mass is 580 g/mol. The van der Waals surface area contributed by atoms with Gasteiger partial charge in [-0.25, -0.2) is 9.67 Å². The average molecular weight is 582 g/mol. The Morgan fingerprint density at radius 3 is 2.30 bits per heavy atom. The first kappa shape index (κ1) is 27.8. The Morgan fingerprint density at radius 1 is 1.00 bits per heavy atom. The topological polar surface area (TPSA) is 87.5 Å². The van der Waals surface area contributed by atoms with Crippen LogP contribution in [0, 0.1) is 12.3 Å². The van der Waals surface area contributed by atoms with E-state index in [0.29, 0.717) is 49.9 Å². The molecule has 1 unspecified atom stereocenters. The number of pyridine rings is 1. The van der Waals surface area contributed by atoms with Gasteiger partial charge in [-0.05, 0) is 42.8 Å². The van der Waals surface area contributed by atoms with E-state index in [1.807, 2.05) is 25.1 Å². The predicted octanol–water partition coefficient (Wildman–Crippen LogP) is 7.07. The fraction of sp³-hybridized carbons (Fsp3) is 0.300. The number of hydrogen-bond donors (Lipinski definition) is 1. The zero-order chi connectivity index (χ0) is 28.9. The molecule has 10 heteroatoms. The van der Waals surface area contributed by atoms with Crippen LogP contribution in [0.1, 0.15) is 48.5 Å². The lowest BCUT2D eigenvalue weighted by molar-refractivity contribution is 0.0806. The van der Waals surface area contributed by atoms with Crippen molar-refractivity contribution in [1.29, 1.82) is 0 Å². The lowest BCUT2D eigenvalue weighted by Gasteiger charge is -2.36. The molecule has 8 nitrogen and oxygen atoms in total. The molecule has 3 heterocycles. The van der Waals surface area contributed by atoms with Gasteiger partial charge in [-0.3, -0.25) is 4.79 Å². The van der Waals surface area contributed by atoms with Crippen molar-refractivity contribution in [3.05, 3.63) is 69.5 Å². The molecule has 0 bridgehead atoms. The zero-order valence-electron chi connectivity index (χ0n) is 23.3. The number of carbonyl (C=O) groups is 1. The summed E-state index contributed by atoms with van der Waals surface area (Å²) in [7, 11) is 4.76. The van der Waals surface area contributed by atoms with Crippen molar-refractivity contribution in [2.75, 3.05) is 21.3 Å². The summed E-state index contributed by atoms with van der Waals surface area (Å²) in [6.07, 6.45) is 1.24. The van der Waals surface area contributed by atoms with Crippen molar-refractivity contribution in [1.82, 2.24) is 20.1 Å². The van der Waals surface area contributed by atoms with Crippen LogP contribution in [0.2, 0.25) is 10.0 Å². The summed E-state index contributed by atoms with van der Waals surface area (Å²) < 4.78 is 19.8. The Hall–Kier alpha value is -3.75. The minimum atomic E-state index is -0.503. The molecule has 2 aromatic heterocycles. The Kier molecular flexibility index (Phi) is 7.18. The Bertz CT molecular complexity index is 1620. The van der Waals surface area contributed by atoms with Gasteiger partial charge in [0.25, 0.3) is 5.91 Å². The van der Waals surface area contributed by atoms with Crippen LogP contribution < -0.4 is 19.5 Å². The molecule has 1 atom stereocenters.